The number of hydrogen-bond acceptors (Lipinski definition) is 4. The summed E-state index contributed by atoms with van der Waals surface area (Å²) in [5.41, 5.74) is 0. The smallest absolute Gasteiger partial charge is 0.332 e. The molecule has 0 aromatic carbocycles. The number of nitriles is 1. The Balaban J connectivity index is 3.92. The van der Waals surface area contributed by atoms with E-state index < -0.39 is 5.97 Å². The number of methoxy groups -OCH3 is 1. The molecule has 0 saturated heterocycles. The number of carbonyl (C=O) groups is 1. The molecule has 0 saturated carbocycles. The molecule has 0 heterocycles. The first-order chi connectivity index (χ1) is 4.70. The van der Waals surface area contributed by atoms with Crippen molar-refractivity contribution in [1.29, 1.82) is 5.26 Å². The summed E-state index contributed by atoms with van der Waals surface area (Å²) in [6.07, 6.45) is 1.19. The van der Waals surface area contributed by atoms with Gasteiger partial charge in [0.25, 0.3) is 0 Å². The lowest BCUT2D eigenvalue weighted by Gasteiger charge is -1.89. The predicted molar refractivity (Wildman–Crippen MR) is 42.2 cm³/mol. The minimum Gasteiger partial charge on any atom is -0.466 e. The molecule has 0 fully saturated rings. The molecule has 0 aromatic heterocycles. The fourth-order valence-electron chi connectivity index (χ4n) is 0.225. The molecule has 0 aliphatic carbocycles. The summed E-state index contributed by atoms with van der Waals surface area (Å²) in [4.78, 5) is 10.4. The van der Waals surface area contributed by atoms with Gasteiger partial charge in [-0.1, -0.05) is 0 Å². The molecule has 0 aliphatic rings. The molecule has 0 unspecified atom stereocenters. The van der Waals surface area contributed by atoms with E-state index in [4.69, 9.17) is 5.26 Å². The van der Waals surface area contributed by atoms with Gasteiger partial charge in [-0.05, 0) is 27.7 Å². The highest BCUT2D eigenvalue weighted by atomic mass is 79.9. The Labute approximate surface area is 71.2 Å². The average molecular weight is 222 g/mol. The molecule has 0 bridgehead atoms. The van der Waals surface area contributed by atoms with E-state index in [1.165, 1.54) is 13.2 Å². The SMILES string of the molecule is COC(=O)C=C(Br)SC#N. The van der Waals surface area contributed by atoms with Crippen LogP contribution in [0.1, 0.15) is 0 Å². The number of hydrogen-bond donors (Lipinski definition) is 0. The van der Waals surface area contributed by atoms with Crippen molar-refractivity contribution in [2.24, 2.45) is 0 Å². The van der Waals surface area contributed by atoms with Crippen LogP contribution in [-0.4, -0.2) is 13.1 Å². The zero-order chi connectivity index (χ0) is 7.98. The Bertz CT molecular complexity index is 196. The maximum absolute atomic E-state index is 10.4. The second kappa shape index (κ2) is 5.33. The summed E-state index contributed by atoms with van der Waals surface area (Å²) in [6.45, 7) is 0. The molecule has 0 N–H and O–H groups in total. The summed E-state index contributed by atoms with van der Waals surface area (Å²) in [7, 11) is 1.27. The zero-order valence-electron chi connectivity index (χ0n) is 5.13. The summed E-state index contributed by atoms with van der Waals surface area (Å²) in [5.74, 6) is -0.477. The zero-order valence-corrected chi connectivity index (χ0v) is 7.53. The standard InChI is InChI=1S/C5H4BrNO2S/c1-9-5(8)2-4(6)10-3-7/h2H,1H3. The van der Waals surface area contributed by atoms with Crippen molar-refractivity contribution in [3.63, 3.8) is 0 Å². The second-order valence-electron chi connectivity index (χ2n) is 1.16. The van der Waals surface area contributed by atoms with E-state index in [0.29, 0.717) is 3.81 Å². The highest BCUT2D eigenvalue weighted by molar-refractivity contribution is 9.14. The molecule has 5 heteroatoms. The van der Waals surface area contributed by atoms with Crippen LogP contribution < -0.4 is 0 Å². The van der Waals surface area contributed by atoms with E-state index in [-0.39, 0.29) is 0 Å². The molecular formula is C5H4BrNO2S. The van der Waals surface area contributed by atoms with Crippen LogP contribution in [0.4, 0.5) is 0 Å². The lowest BCUT2D eigenvalue weighted by Crippen LogP contribution is -1.93. The number of carbonyl (C=O) groups excluding carboxylic acids is 1. The van der Waals surface area contributed by atoms with E-state index in [9.17, 15) is 4.79 Å². The van der Waals surface area contributed by atoms with Crippen LogP contribution in [0.2, 0.25) is 0 Å². The van der Waals surface area contributed by atoms with Gasteiger partial charge in [0, 0.05) is 6.08 Å². The maximum atomic E-state index is 10.4. The first kappa shape index (κ1) is 9.53. The summed E-state index contributed by atoms with van der Waals surface area (Å²) in [6, 6.07) is 0. The van der Waals surface area contributed by atoms with E-state index in [0.717, 1.165) is 11.8 Å². The molecule has 0 radical (unpaired) electrons. The second-order valence-corrected chi connectivity index (χ2v) is 3.37. The molecule has 0 rings (SSSR count). The van der Waals surface area contributed by atoms with Gasteiger partial charge in [0.1, 0.15) is 5.40 Å². The van der Waals surface area contributed by atoms with Gasteiger partial charge in [0.2, 0.25) is 0 Å². The van der Waals surface area contributed by atoms with Crippen molar-refractivity contribution in [2.45, 2.75) is 0 Å². The third-order valence-electron chi connectivity index (χ3n) is 0.576. The van der Waals surface area contributed by atoms with Gasteiger partial charge in [0.05, 0.1) is 10.9 Å². The normalized spacial score (nSPS) is 10.3. The van der Waals surface area contributed by atoms with Crippen LogP contribution in [0.15, 0.2) is 9.89 Å². The Hall–Kier alpha value is -0.470. The maximum Gasteiger partial charge on any atom is 0.332 e. The molecule has 3 nitrogen and oxygen atoms in total. The van der Waals surface area contributed by atoms with Crippen LogP contribution in [0, 0.1) is 10.7 Å². The lowest BCUT2D eigenvalue weighted by molar-refractivity contribution is -0.134. The van der Waals surface area contributed by atoms with Crippen molar-refractivity contribution in [3.05, 3.63) is 9.89 Å². The Morgan fingerprint density at radius 2 is 2.50 bits per heavy atom. The van der Waals surface area contributed by atoms with E-state index >= 15 is 0 Å². The Kier molecular flexibility index (Phi) is 5.08. The fourth-order valence-corrected chi connectivity index (χ4v) is 0.871. The van der Waals surface area contributed by atoms with Crippen molar-refractivity contribution in [2.75, 3.05) is 7.11 Å². The Morgan fingerprint density at radius 3 is 2.90 bits per heavy atom. The summed E-state index contributed by atoms with van der Waals surface area (Å²) < 4.78 is 4.75. The number of halogens is 1. The quantitative estimate of drug-likeness (QED) is 0.404. The molecule has 54 valence electrons. The lowest BCUT2D eigenvalue weighted by atomic mass is 10.7. The van der Waals surface area contributed by atoms with Crippen molar-refractivity contribution in [1.82, 2.24) is 0 Å². The number of ether oxygens (including phenoxy) is 1. The topological polar surface area (TPSA) is 50.1 Å². The minimum atomic E-state index is -0.477. The number of rotatable bonds is 2. The Morgan fingerprint density at radius 1 is 1.90 bits per heavy atom. The monoisotopic (exact) mass is 221 g/mol. The van der Waals surface area contributed by atoms with Gasteiger partial charge in [-0.2, -0.15) is 5.26 Å². The first-order valence-corrected chi connectivity index (χ1v) is 3.82. The van der Waals surface area contributed by atoms with Crippen LogP contribution in [-0.2, 0) is 9.53 Å². The van der Waals surface area contributed by atoms with Gasteiger partial charge < -0.3 is 4.74 Å². The van der Waals surface area contributed by atoms with Crippen LogP contribution in [0.5, 0.6) is 0 Å². The predicted octanol–water partition coefficient (Wildman–Crippen LogP) is 1.61. The van der Waals surface area contributed by atoms with Crippen molar-refractivity contribution >= 4 is 33.7 Å². The highest BCUT2D eigenvalue weighted by Gasteiger charge is 1.96. The van der Waals surface area contributed by atoms with Crippen LogP contribution >= 0.6 is 27.7 Å². The number of thiocyanates is 1. The van der Waals surface area contributed by atoms with E-state index in [1.807, 2.05) is 0 Å². The first-order valence-electron chi connectivity index (χ1n) is 2.21. The molecule has 0 aliphatic heterocycles. The number of esters is 1. The third kappa shape index (κ3) is 4.41. The molecule has 0 aromatic rings. The van der Waals surface area contributed by atoms with Gasteiger partial charge in [0.15, 0.2) is 0 Å². The largest absolute Gasteiger partial charge is 0.466 e. The number of nitrogens with zero attached hydrogens (tertiary/aromatic N) is 1. The minimum absolute atomic E-state index is 0.446. The van der Waals surface area contributed by atoms with Gasteiger partial charge >= 0.3 is 5.97 Å². The molecule has 0 amide bonds. The fraction of sp³-hybridized carbons (Fsp3) is 0.200. The van der Waals surface area contributed by atoms with Crippen LogP contribution in [0.3, 0.4) is 0 Å². The summed E-state index contributed by atoms with van der Waals surface area (Å²) in [5, 5.41) is 9.90. The van der Waals surface area contributed by atoms with Gasteiger partial charge in [-0.25, -0.2) is 4.79 Å². The van der Waals surface area contributed by atoms with Crippen molar-refractivity contribution < 1.29 is 9.53 Å². The van der Waals surface area contributed by atoms with E-state index in [2.05, 4.69) is 20.7 Å². The van der Waals surface area contributed by atoms with Crippen molar-refractivity contribution in [3.8, 4) is 5.40 Å². The number of thioether (sulfide) groups is 1. The summed E-state index contributed by atoms with van der Waals surface area (Å²) >= 11 is 3.84. The van der Waals surface area contributed by atoms with Gasteiger partial charge in [-0.3, -0.25) is 0 Å². The highest BCUT2D eigenvalue weighted by Crippen LogP contribution is 2.20. The molecule has 10 heavy (non-hydrogen) atoms. The molecule has 0 atom stereocenters. The third-order valence-corrected chi connectivity index (χ3v) is 1.69. The van der Waals surface area contributed by atoms with E-state index in [1.54, 1.807) is 5.40 Å². The molecular weight excluding hydrogens is 218 g/mol. The average Bonchev–Trinajstić information content (AvgIpc) is 1.88. The van der Waals surface area contributed by atoms with Gasteiger partial charge in [-0.15, -0.1) is 0 Å². The van der Waals surface area contributed by atoms with Crippen LogP contribution in [0.25, 0.3) is 0 Å². The molecule has 0 spiro atoms.